The number of guanidine groups is 1. The van der Waals surface area contributed by atoms with Crippen molar-refractivity contribution in [2.75, 3.05) is 46.8 Å². The van der Waals surface area contributed by atoms with Crippen molar-refractivity contribution < 1.29 is 0 Å². The molecule has 0 radical (unpaired) electrons. The van der Waals surface area contributed by atoms with E-state index >= 15 is 0 Å². The molecule has 1 atom stereocenters. The molecule has 2 aliphatic heterocycles. The van der Waals surface area contributed by atoms with Crippen LogP contribution < -0.4 is 10.6 Å². The Balaban J connectivity index is 0.00000225. The van der Waals surface area contributed by atoms with Crippen LogP contribution >= 0.6 is 24.0 Å². The highest BCUT2D eigenvalue weighted by atomic mass is 127. The molecule has 3 fully saturated rings. The normalized spacial score (nSPS) is 27.9. The van der Waals surface area contributed by atoms with E-state index in [1.54, 1.807) is 0 Å². The summed E-state index contributed by atoms with van der Waals surface area (Å²) >= 11 is 0. The average Bonchev–Trinajstić information content (AvgIpc) is 3.14. The van der Waals surface area contributed by atoms with Gasteiger partial charge in [0.05, 0.1) is 0 Å². The second-order valence-electron chi connectivity index (χ2n) is 8.12. The molecule has 2 N–H and O–H groups in total. The van der Waals surface area contributed by atoms with Gasteiger partial charge in [-0.15, -0.1) is 24.0 Å². The van der Waals surface area contributed by atoms with Crippen LogP contribution in [0.2, 0.25) is 0 Å². The molecule has 0 amide bonds. The predicted molar refractivity (Wildman–Crippen MR) is 117 cm³/mol. The lowest BCUT2D eigenvalue weighted by Crippen LogP contribution is -2.51. The summed E-state index contributed by atoms with van der Waals surface area (Å²) in [7, 11) is 4.13. The zero-order valence-electron chi connectivity index (χ0n) is 16.2. The van der Waals surface area contributed by atoms with Crippen LogP contribution in [0, 0.1) is 5.92 Å². The van der Waals surface area contributed by atoms with E-state index in [-0.39, 0.29) is 24.0 Å². The number of rotatable bonds is 4. The molecule has 3 rings (SSSR count). The number of hydrogen-bond acceptors (Lipinski definition) is 3. The van der Waals surface area contributed by atoms with Crippen LogP contribution in [0.1, 0.15) is 51.4 Å². The van der Waals surface area contributed by atoms with Gasteiger partial charge in [-0.2, -0.15) is 0 Å². The second kappa shape index (κ2) is 10.9. The molecule has 0 aromatic carbocycles. The van der Waals surface area contributed by atoms with Crippen molar-refractivity contribution >= 4 is 29.9 Å². The van der Waals surface area contributed by atoms with Gasteiger partial charge in [0.2, 0.25) is 0 Å². The predicted octanol–water partition coefficient (Wildman–Crippen LogP) is 2.52. The number of hydrogen-bond donors (Lipinski definition) is 2. The highest BCUT2D eigenvalue weighted by Crippen LogP contribution is 2.26. The first-order valence-electron chi connectivity index (χ1n) is 10.1. The zero-order valence-corrected chi connectivity index (χ0v) is 18.5. The Morgan fingerprint density at radius 2 is 1.72 bits per heavy atom. The van der Waals surface area contributed by atoms with Crippen LogP contribution in [0.3, 0.4) is 0 Å². The Bertz CT molecular complexity index is 403. The highest BCUT2D eigenvalue weighted by molar-refractivity contribution is 14.0. The molecule has 146 valence electrons. The quantitative estimate of drug-likeness (QED) is 0.382. The van der Waals surface area contributed by atoms with E-state index < -0.39 is 0 Å². The minimum atomic E-state index is 0. The van der Waals surface area contributed by atoms with E-state index in [0.29, 0.717) is 6.04 Å². The number of piperidine rings is 2. The SMILES string of the molecule is CN=C(NCC1CCCN(C)C1)NC1CCN(C2CCCC2)CC1.I. The number of halogens is 1. The Kier molecular flexibility index (Phi) is 9.27. The number of nitrogens with zero attached hydrogens (tertiary/aromatic N) is 3. The molecule has 2 saturated heterocycles. The number of nitrogens with one attached hydrogen (secondary N) is 2. The third-order valence-corrected chi connectivity index (χ3v) is 6.22. The summed E-state index contributed by atoms with van der Waals surface area (Å²) in [6.07, 6.45) is 10.9. The van der Waals surface area contributed by atoms with E-state index in [0.717, 1.165) is 24.5 Å². The van der Waals surface area contributed by atoms with Crippen LogP contribution in [0.5, 0.6) is 0 Å². The maximum atomic E-state index is 4.45. The lowest BCUT2D eigenvalue weighted by molar-refractivity contribution is 0.150. The first-order valence-corrected chi connectivity index (χ1v) is 10.1. The van der Waals surface area contributed by atoms with Crippen molar-refractivity contribution in [2.24, 2.45) is 10.9 Å². The van der Waals surface area contributed by atoms with Crippen molar-refractivity contribution in [3.63, 3.8) is 0 Å². The van der Waals surface area contributed by atoms with E-state index in [1.807, 2.05) is 7.05 Å². The van der Waals surface area contributed by atoms with Crippen LogP contribution in [0.25, 0.3) is 0 Å². The van der Waals surface area contributed by atoms with Crippen molar-refractivity contribution in [1.82, 2.24) is 20.4 Å². The molecule has 0 spiro atoms. The average molecular weight is 463 g/mol. The fourth-order valence-corrected chi connectivity index (χ4v) is 4.75. The van der Waals surface area contributed by atoms with Gasteiger partial charge in [-0.25, -0.2) is 0 Å². The van der Waals surface area contributed by atoms with Gasteiger partial charge in [-0.3, -0.25) is 4.99 Å². The third-order valence-electron chi connectivity index (χ3n) is 6.22. The largest absolute Gasteiger partial charge is 0.356 e. The molecule has 0 aromatic rings. The van der Waals surface area contributed by atoms with Gasteiger partial charge in [0.1, 0.15) is 0 Å². The Morgan fingerprint density at radius 1 is 1.00 bits per heavy atom. The van der Waals surface area contributed by atoms with Gasteiger partial charge >= 0.3 is 0 Å². The summed E-state index contributed by atoms with van der Waals surface area (Å²) < 4.78 is 0. The molecule has 0 bridgehead atoms. The van der Waals surface area contributed by atoms with Gasteiger partial charge in [-0.1, -0.05) is 12.8 Å². The standard InChI is InChI=1S/C19H37N5.HI/c1-20-19(21-14-16-6-5-11-23(2)15-16)22-17-9-12-24(13-10-17)18-7-3-4-8-18;/h16-18H,3-15H2,1-2H3,(H2,20,21,22);1H. The molecule has 3 aliphatic rings. The van der Waals surface area contributed by atoms with Gasteiger partial charge in [-0.05, 0) is 58.0 Å². The van der Waals surface area contributed by atoms with Crippen molar-refractivity contribution in [3.8, 4) is 0 Å². The molecule has 1 saturated carbocycles. The Labute approximate surface area is 171 Å². The number of likely N-dealkylation sites (tertiary alicyclic amines) is 2. The monoisotopic (exact) mass is 463 g/mol. The van der Waals surface area contributed by atoms with Crippen molar-refractivity contribution in [3.05, 3.63) is 0 Å². The molecule has 1 unspecified atom stereocenters. The maximum absolute atomic E-state index is 4.45. The van der Waals surface area contributed by atoms with E-state index in [9.17, 15) is 0 Å². The summed E-state index contributed by atoms with van der Waals surface area (Å²) in [4.78, 5) is 9.63. The maximum Gasteiger partial charge on any atom is 0.191 e. The highest BCUT2D eigenvalue weighted by Gasteiger charge is 2.27. The lowest BCUT2D eigenvalue weighted by Gasteiger charge is -2.37. The van der Waals surface area contributed by atoms with Crippen LogP contribution in [0.15, 0.2) is 4.99 Å². The van der Waals surface area contributed by atoms with Crippen molar-refractivity contribution in [2.45, 2.75) is 63.5 Å². The third kappa shape index (κ3) is 6.54. The molecular weight excluding hydrogens is 425 g/mol. The molecule has 5 nitrogen and oxygen atoms in total. The summed E-state index contributed by atoms with van der Waals surface area (Å²) in [5, 5.41) is 7.24. The Morgan fingerprint density at radius 3 is 2.36 bits per heavy atom. The van der Waals surface area contributed by atoms with Crippen LogP contribution in [0.4, 0.5) is 0 Å². The molecule has 0 aromatic heterocycles. The minimum absolute atomic E-state index is 0. The second-order valence-corrected chi connectivity index (χ2v) is 8.12. The first kappa shape index (κ1) is 21.2. The molecular formula is C19H38IN5. The van der Waals surface area contributed by atoms with Gasteiger partial charge < -0.3 is 20.4 Å². The molecule has 6 heteroatoms. The summed E-state index contributed by atoms with van der Waals surface area (Å²) in [6, 6.07) is 1.47. The first-order chi connectivity index (χ1) is 11.7. The fraction of sp³-hybridized carbons (Fsp3) is 0.947. The van der Waals surface area contributed by atoms with Crippen LogP contribution in [-0.2, 0) is 0 Å². The van der Waals surface area contributed by atoms with E-state index in [4.69, 9.17) is 0 Å². The molecule has 2 heterocycles. The smallest absolute Gasteiger partial charge is 0.191 e. The topological polar surface area (TPSA) is 42.9 Å². The number of aliphatic imine (C=N–C) groups is 1. The van der Waals surface area contributed by atoms with Crippen LogP contribution in [-0.4, -0.2) is 74.7 Å². The Hall–Kier alpha value is -0.0800. The zero-order chi connectivity index (χ0) is 16.8. The minimum Gasteiger partial charge on any atom is -0.356 e. The lowest BCUT2D eigenvalue weighted by atomic mass is 9.98. The van der Waals surface area contributed by atoms with Gasteiger partial charge in [0.15, 0.2) is 5.96 Å². The van der Waals surface area contributed by atoms with E-state index in [1.165, 1.54) is 77.5 Å². The van der Waals surface area contributed by atoms with Gasteiger partial charge in [0, 0.05) is 45.3 Å². The molecule has 1 aliphatic carbocycles. The van der Waals surface area contributed by atoms with E-state index in [2.05, 4.69) is 32.5 Å². The summed E-state index contributed by atoms with van der Waals surface area (Å²) in [5.41, 5.74) is 0. The summed E-state index contributed by atoms with van der Waals surface area (Å²) in [6.45, 7) is 6.03. The van der Waals surface area contributed by atoms with Gasteiger partial charge in [0.25, 0.3) is 0 Å². The molecule has 25 heavy (non-hydrogen) atoms. The summed E-state index contributed by atoms with van der Waals surface area (Å²) in [5.74, 6) is 1.76. The van der Waals surface area contributed by atoms with Crippen molar-refractivity contribution in [1.29, 1.82) is 0 Å². The fourth-order valence-electron chi connectivity index (χ4n) is 4.75.